The van der Waals surface area contributed by atoms with Crippen LogP contribution in [0.15, 0.2) is 72.8 Å². The quantitative estimate of drug-likeness (QED) is 0.453. The zero-order valence-corrected chi connectivity index (χ0v) is 20.6. The van der Waals surface area contributed by atoms with Crippen molar-refractivity contribution in [2.24, 2.45) is 0 Å². The Kier molecular flexibility index (Phi) is 9.12. The van der Waals surface area contributed by atoms with Gasteiger partial charge in [-0.05, 0) is 47.9 Å². The minimum Gasteiger partial charge on any atom is -0.497 e. The molecule has 35 heavy (non-hydrogen) atoms. The van der Waals surface area contributed by atoms with Crippen LogP contribution >= 0.6 is 0 Å². The van der Waals surface area contributed by atoms with Crippen molar-refractivity contribution in [2.75, 3.05) is 21.3 Å². The Balaban J connectivity index is 1.79. The van der Waals surface area contributed by atoms with Gasteiger partial charge < -0.3 is 24.4 Å². The van der Waals surface area contributed by atoms with Gasteiger partial charge in [-0.25, -0.2) is 0 Å². The minimum absolute atomic E-state index is 0.118. The van der Waals surface area contributed by atoms with Crippen LogP contribution in [0.4, 0.5) is 0 Å². The third-order valence-corrected chi connectivity index (χ3v) is 5.79. The zero-order valence-electron chi connectivity index (χ0n) is 20.6. The van der Waals surface area contributed by atoms with Crippen molar-refractivity contribution in [3.63, 3.8) is 0 Å². The van der Waals surface area contributed by atoms with Crippen LogP contribution in [0.3, 0.4) is 0 Å². The third-order valence-electron chi connectivity index (χ3n) is 5.79. The highest BCUT2D eigenvalue weighted by Crippen LogP contribution is 2.28. The van der Waals surface area contributed by atoms with Gasteiger partial charge in [0.1, 0.15) is 11.8 Å². The molecule has 0 fully saturated rings. The van der Waals surface area contributed by atoms with E-state index in [1.54, 1.807) is 45.3 Å². The molecule has 184 valence electrons. The normalized spacial score (nSPS) is 11.3. The molecule has 3 aromatic carbocycles. The van der Waals surface area contributed by atoms with Crippen LogP contribution in [-0.4, -0.2) is 44.1 Å². The van der Waals surface area contributed by atoms with Gasteiger partial charge in [-0.15, -0.1) is 0 Å². The molecule has 2 amide bonds. The van der Waals surface area contributed by atoms with Crippen molar-refractivity contribution in [2.45, 2.75) is 32.5 Å². The number of ether oxygens (including phenoxy) is 3. The number of nitrogens with zero attached hydrogens (tertiary/aromatic N) is 1. The molecule has 0 bridgehead atoms. The van der Waals surface area contributed by atoms with Crippen molar-refractivity contribution in [3.8, 4) is 17.2 Å². The fourth-order valence-corrected chi connectivity index (χ4v) is 3.71. The maximum absolute atomic E-state index is 13.5. The average Bonchev–Trinajstić information content (AvgIpc) is 2.90. The van der Waals surface area contributed by atoms with E-state index in [0.29, 0.717) is 18.0 Å². The van der Waals surface area contributed by atoms with Gasteiger partial charge in [-0.2, -0.15) is 0 Å². The first-order chi connectivity index (χ1) is 16.9. The molecule has 0 unspecified atom stereocenters. The number of carbonyl (C=O) groups excluding carboxylic acids is 2. The van der Waals surface area contributed by atoms with E-state index in [1.807, 2.05) is 60.7 Å². The van der Waals surface area contributed by atoms with Crippen LogP contribution in [0, 0.1) is 0 Å². The van der Waals surface area contributed by atoms with Gasteiger partial charge in [0.25, 0.3) is 0 Å². The molecule has 3 rings (SSSR count). The predicted molar refractivity (Wildman–Crippen MR) is 135 cm³/mol. The first-order valence-electron chi connectivity index (χ1n) is 11.4. The number of benzene rings is 3. The Hall–Kier alpha value is -4.00. The average molecular weight is 477 g/mol. The molecule has 0 aliphatic rings. The number of nitrogens with one attached hydrogen (secondary N) is 1. The van der Waals surface area contributed by atoms with Crippen molar-refractivity contribution < 1.29 is 23.8 Å². The molecule has 0 spiro atoms. The molecule has 1 atom stereocenters. The molecular weight excluding hydrogens is 444 g/mol. The monoisotopic (exact) mass is 476 g/mol. The zero-order chi connectivity index (χ0) is 25.2. The number of methoxy groups -OCH3 is 3. The van der Waals surface area contributed by atoms with Crippen molar-refractivity contribution in [1.82, 2.24) is 10.2 Å². The molecule has 0 saturated carbocycles. The molecule has 7 nitrogen and oxygen atoms in total. The molecule has 0 aliphatic heterocycles. The van der Waals surface area contributed by atoms with E-state index in [4.69, 9.17) is 14.2 Å². The summed E-state index contributed by atoms with van der Waals surface area (Å²) < 4.78 is 15.9. The van der Waals surface area contributed by atoms with Crippen LogP contribution < -0.4 is 19.5 Å². The van der Waals surface area contributed by atoms with Gasteiger partial charge in [0.2, 0.25) is 11.8 Å². The van der Waals surface area contributed by atoms with Gasteiger partial charge in [0.15, 0.2) is 11.5 Å². The van der Waals surface area contributed by atoms with E-state index in [9.17, 15) is 9.59 Å². The lowest BCUT2D eigenvalue weighted by molar-refractivity contribution is -0.140. The molecule has 1 N–H and O–H groups in total. The summed E-state index contributed by atoms with van der Waals surface area (Å²) in [5.41, 5.74) is 2.66. The Morgan fingerprint density at radius 2 is 1.46 bits per heavy atom. The first kappa shape index (κ1) is 25.6. The molecule has 0 saturated heterocycles. The smallest absolute Gasteiger partial charge is 0.242 e. The Morgan fingerprint density at radius 3 is 2.09 bits per heavy atom. The van der Waals surface area contributed by atoms with Gasteiger partial charge in [-0.1, -0.05) is 48.5 Å². The van der Waals surface area contributed by atoms with E-state index < -0.39 is 6.04 Å². The molecule has 0 aliphatic carbocycles. The Labute approximate surface area is 206 Å². The second-order valence-corrected chi connectivity index (χ2v) is 8.12. The highest BCUT2D eigenvalue weighted by atomic mass is 16.5. The van der Waals surface area contributed by atoms with E-state index in [-0.39, 0.29) is 24.8 Å². The van der Waals surface area contributed by atoms with Crippen LogP contribution in [0.5, 0.6) is 17.2 Å². The Bertz CT molecular complexity index is 1120. The fourth-order valence-electron chi connectivity index (χ4n) is 3.71. The SMILES string of the molecule is COc1ccc(CN(C(=O)Cc2ccc(OC)c(OC)c2)[C@H](C)C(=O)NCc2ccccc2)cc1. The second kappa shape index (κ2) is 12.5. The van der Waals surface area contributed by atoms with Gasteiger partial charge in [0.05, 0.1) is 27.8 Å². The molecule has 7 heteroatoms. The highest BCUT2D eigenvalue weighted by Gasteiger charge is 2.26. The lowest BCUT2D eigenvalue weighted by atomic mass is 10.1. The number of hydrogen-bond acceptors (Lipinski definition) is 5. The van der Waals surface area contributed by atoms with Gasteiger partial charge in [-0.3, -0.25) is 9.59 Å². The number of amides is 2. The molecule has 0 heterocycles. The topological polar surface area (TPSA) is 77.1 Å². The standard InChI is InChI=1S/C28H32N2O5/c1-20(28(32)29-18-21-8-6-5-7-9-21)30(19-22-10-13-24(33-2)14-11-22)27(31)17-23-12-15-25(34-3)26(16-23)35-4/h5-16,20H,17-19H2,1-4H3,(H,29,32)/t20-/m1/s1. The molecule has 0 aromatic heterocycles. The van der Waals surface area contributed by atoms with Crippen LogP contribution in [0.25, 0.3) is 0 Å². The van der Waals surface area contributed by atoms with Crippen molar-refractivity contribution in [1.29, 1.82) is 0 Å². The summed E-state index contributed by atoms with van der Waals surface area (Å²) >= 11 is 0. The van der Waals surface area contributed by atoms with E-state index in [2.05, 4.69) is 5.32 Å². The van der Waals surface area contributed by atoms with Crippen molar-refractivity contribution in [3.05, 3.63) is 89.5 Å². The summed E-state index contributed by atoms with van der Waals surface area (Å²) in [4.78, 5) is 28.1. The fraction of sp³-hybridized carbons (Fsp3) is 0.286. The maximum Gasteiger partial charge on any atom is 0.242 e. The summed E-state index contributed by atoms with van der Waals surface area (Å²) in [5.74, 6) is 1.48. The molecular formula is C28H32N2O5. The van der Waals surface area contributed by atoms with Gasteiger partial charge in [0, 0.05) is 13.1 Å². The first-order valence-corrected chi connectivity index (χ1v) is 11.4. The van der Waals surface area contributed by atoms with Crippen LogP contribution in [0.2, 0.25) is 0 Å². The third kappa shape index (κ3) is 6.99. The predicted octanol–water partition coefficient (Wildman–Crippen LogP) is 3.99. The lowest BCUT2D eigenvalue weighted by Crippen LogP contribution is -2.48. The van der Waals surface area contributed by atoms with Crippen LogP contribution in [-0.2, 0) is 29.1 Å². The minimum atomic E-state index is -0.673. The van der Waals surface area contributed by atoms with E-state index >= 15 is 0 Å². The van der Waals surface area contributed by atoms with E-state index in [1.165, 1.54) is 0 Å². The second-order valence-electron chi connectivity index (χ2n) is 8.12. The van der Waals surface area contributed by atoms with Gasteiger partial charge >= 0.3 is 0 Å². The summed E-state index contributed by atoms with van der Waals surface area (Å²) in [6.45, 7) is 2.43. The molecule has 0 radical (unpaired) electrons. The summed E-state index contributed by atoms with van der Waals surface area (Å²) in [6, 6.07) is 21.8. The summed E-state index contributed by atoms with van der Waals surface area (Å²) in [7, 11) is 4.72. The lowest BCUT2D eigenvalue weighted by Gasteiger charge is -2.29. The highest BCUT2D eigenvalue weighted by molar-refractivity contribution is 5.88. The number of hydrogen-bond donors (Lipinski definition) is 1. The van der Waals surface area contributed by atoms with Crippen molar-refractivity contribution >= 4 is 11.8 Å². The number of carbonyl (C=O) groups is 2. The Morgan fingerprint density at radius 1 is 0.800 bits per heavy atom. The largest absolute Gasteiger partial charge is 0.497 e. The number of rotatable bonds is 11. The van der Waals surface area contributed by atoms with Crippen LogP contribution in [0.1, 0.15) is 23.6 Å². The van der Waals surface area contributed by atoms with E-state index in [0.717, 1.165) is 22.4 Å². The summed E-state index contributed by atoms with van der Waals surface area (Å²) in [6.07, 6.45) is 0.118. The maximum atomic E-state index is 13.5. The summed E-state index contributed by atoms with van der Waals surface area (Å²) in [5, 5.41) is 2.95. The molecule has 3 aromatic rings.